The predicted octanol–water partition coefficient (Wildman–Crippen LogP) is 4.26. The molecule has 1 amide bonds. The summed E-state index contributed by atoms with van der Waals surface area (Å²) in [5.74, 6) is 2.35. The number of carbonyl (C=O) groups is 1. The molecule has 0 atom stereocenters. The molecule has 154 valence electrons. The smallest absolute Gasteiger partial charge is 0.267 e. The summed E-state index contributed by atoms with van der Waals surface area (Å²) in [5, 5.41) is 3.60. The molecule has 31 heavy (non-hydrogen) atoms. The molecule has 0 fully saturated rings. The van der Waals surface area contributed by atoms with Gasteiger partial charge in [0.15, 0.2) is 23.0 Å². The highest BCUT2D eigenvalue weighted by atomic mass is 32.1. The number of rotatable bonds is 3. The van der Waals surface area contributed by atoms with E-state index in [-0.39, 0.29) is 19.5 Å². The highest BCUT2D eigenvalue weighted by Crippen LogP contribution is 2.39. The number of anilines is 2. The van der Waals surface area contributed by atoms with Crippen molar-refractivity contribution in [3.8, 4) is 34.3 Å². The van der Waals surface area contributed by atoms with Crippen LogP contribution in [0.2, 0.25) is 0 Å². The number of nitrogens with zero attached hydrogens (tertiary/aromatic N) is 1. The van der Waals surface area contributed by atoms with Gasteiger partial charge in [-0.25, -0.2) is 4.98 Å². The van der Waals surface area contributed by atoms with E-state index in [1.807, 2.05) is 30.3 Å². The van der Waals surface area contributed by atoms with E-state index in [1.54, 1.807) is 18.2 Å². The van der Waals surface area contributed by atoms with E-state index in [0.29, 0.717) is 44.1 Å². The number of nitrogens with two attached hydrogens (primary N) is 1. The number of nitrogen functional groups attached to an aromatic ring is 1. The maximum atomic E-state index is 12.9. The molecule has 2 aliphatic heterocycles. The lowest BCUT2D eigenvalue weighted by molar-refractivity contribution is 0.103. The van der Waals surface area contributed by atoms with Gasteiger partial charge in [-0.15, -0.1) is 11.3 Å². The number of carbonyl (C=O) groups excluding carboxylic acids is 1. The van der Waals surface area contributed by atoms with Crippen LogP contribution < -0.4 is 30.0 Å². The van der Waals surface area contributed by atoms with Gasteiger partial charge in [-0.2, -0.15) is 0 Å². The van der Waals surface area contributed by atoms with Gasteiger partial charge in [-0.1, -0.05) is 0 Å². The Morgan fingerprint density at radius 3 is 2.42 bits per heavy atom. The number of hydrogen-bond acceptors (Lipinski definition) is 8. The Balaban J connectivity index is 1.31. The van der Waals surface area contributed by atoms with E-state index in [9.17, 15) is 4.79 Å². The molecule has 9 heteroatoms. The number of amides is 1. The van der Waals surface area contributed by atoms with Gasteiger partial charge in [0.25, 0.3) is 5.91 Å². The third-order valence-electron chi connectivity index (χ3n) is 5.10. The molecule has 2 aromatic heterocycles. The lowest BCUT2D eigenvalue weighted by atomic mass is 10.1. The second-order valence-electron chi connectivity index (χ2n) is 6.98. The molecule has 2 aliphatic rings. The Kier molecular flexibility index (Phi) is 3.90. The molecule has 0 unspecified atom stereocenters. The van der Waals surface area contributed by atoms with Crippen molar-refractivity contribution < 1.29 is 23.7 Å². The minimum absolute atomic E-state index is 0.174. The van der Waals surface area contributed by atoms with Crippen molar-refractivity contribution in [1.29, 1.82) is 0 Å². The lowest BCUT2D eigenvalue weighted by Gasteiger charge is -2.05. The predicted molar refractivity (Wildman–Crippen MR) is 116 cm³/mol. The average Bonchev–Trinajstić information content (AvgIpc) is 3.51. The number of benzene rings is 2. The maximum Gasteiger partial charge on any atom is 0.267 e. The zero-order valence-electron chi connectivity index (χ0n) is 16.0. The summed E-state index contributed by atoms with van der Waals surface area (Å²) in [6.45, 7) is 0.391. The van der Waals surface area contributed by atoms with E-state index in [1.165, 1.54) is 11.3 Å². The van der Waals surface area contributed by atoms with Crippen LogP contribution in [0.25, 0.3) is 21.5 Å². The average molecular weight is 433 g/mol. The number of thiophene rings is 1. The van der Waals surface area contributed by atoms with Crippen molar-refractivity contribution in [2.75, 3.05) is 24.6 Å². The topological polar surface area (TPSA) is 105 Å². The summed E-state index contributed by atoms with van der Waals surface area (Å²) in [5.41, 5.74) is 8.93. The summed E-state index contributed by atoms with van der Waals surface area (Å²) in [7, 11) is 0. The Bertz CT molecular complexity index is 1370. The van der Waals surface area contributed by atoms with Crippen molar-refractivity contribution in [3.63, 3.8) is 0 Å². The first-order valence-electron chi connectivity index (χ1n) is 9.46. The normalized spacial score (nSPS) is 13.5. The first kappa shape index (κ1) is 17.8. The van der Waals surface area contributed by atoms with Gasteiger partial charge in [0.2, 0.25) is 13.6 Å². The number of pyridine rings is 1. The quantitative estimate of drug-likeness (QED) is 0.497. The zero-order valence-corrected chi connectivity index (χ0v) is 16.8. The van der Waals surface area contributed by atoms with E-state index in [4.69, 9.17) is 29.7 Å². The van der Waals surface area contributed by atoms with Crippen LogP contribution in [0.1, 0.15) is 9.67 Å². The second kappa shape index (κ2) is 6.78. The van der Waals surface area contributed by atoms with Crippen LogP contribution in [-0.4, -0.2) is 24.5 Å². The summed E-state index contributed by atoms with van der Waals surface area (Å²) in [6.07, 6.45) is 0. The van der Waals surface area contributed by atoms with Crippen LogP contribution in [0.15, 0.2) is 48.5 Å². The Morgan fingerprint density at radius 2 is 1.61 bits per heavy atom. The monoisotopic (exact) mass is 433 g/mol. The summed E-state index contributed by atoms with van der Waals surface area (Å²) in [6, 6.07) is 14.7. The third kappa shape index (κ3) is 2.98. The van der Waals surface area contributed by atoms with Gasteiger partial charge in [0, 0.05) is 22.7 Å². The molecular weight excluding hydrogens is 418 g/mol. The number of ether oxygens (including phenoxy) is 4. The molecule has 0 aliphatic carbocycles. The van der Waals surface area contributed by atoms with Crippen molar-refractivity contribution in [3.05, 3.63) is 53.4 Å². The van der Waals surface area contributed by atoms with Crippen LogP contribution >= 0.6 is 11.3 Å². The fourth-order valence-electron chi connectivity index (χ4n) is 3.54. The van der Waals surface area contributed by atoms with Crippen molar-refractivity contribution in [1.82, 2.24) is 4.98 Å². The van der Waals surface area contributed by atoms with E-state index >= 15 is 0 Å². The highest BCUT2D eigenvalue weighted by molar-refractivity contribution is 7.21. The van der Waals surface area contributed by atoms with Crippen LogP contribution in [0.3, 0.4) is 0 Å². The van der Waals surface area contributed by atoms with Gasteiger partial charge >= 0.3 is 0 Å². The standard InChI is InChI=1S/C22H15N3O5S/c23-19-13-3-4-14(11-1-5-15-17(7-11)29-9-27-15)25-22(13)31-20(19)21(26)24-12-2-6-16-18(8-12)30-10-28-16/h1-8H,9-10,23H2,(H,24,26). The van der Waals surface area contributed by atoms with Gasteiger partial charge in [-0.3, -0.25) is 4.79 Å². The minimum atomic E-state index is -0.302. The van der Waals surface area contributed by atoms with Crippen LogP contribution in [0.4, 0.5) is 11.4 Å². The molecule has 4 aromatic rings. The third-order valence-corrected chi connectivity index (χ3v) is 6.21. The van der Waals surface area contributed by atoms with Gasteiger partial charge in [0.1, 0.15) is 9.71 Å². The SMILES string of the molecule is Nc1c(C(=O)Nc2ccc3c(c2)OCO3)sc2nc(-c3ccc4c(c3)OCO4)ccc12. The summed E-state index contributed by atoms with van der Waals surface area (Å²) >= 11 is 1.25. The maximum absolute atomic E-state index is 12.9. The molecule has 6 rings (SSSR count). The molecule has 3 N–H and O–H groups in total. The molecular formula is C22H15N3O5S. The Morgan fingerprint density at radius 1 is 0.903 bits per heavy atom. The number of aromatic nitrogens is 1. The fraction of sp³-hybridized carbons (Fsp3) is 0.0909. The van der Waals surface area contributed by atoms with Crippen molar-refractivity contribution in [2.45, 2.75) is 0 Å². The van der Waals surface area contributed by atoms with Gasteiger partial charge in [-0.05, 0) is 42.5 Å². The van der Waals surface area contributed by atoms with Crippen LogP contribution in [-0.2, 0) is 0 Å². The minimum Gasteiger partial charge on any atom is -0.454 e. The number of nitrogens with one attached hydrogen (secondary N) is 1. The first-order valence-corrected chi connectivity index (χ1v) is 10.3. The van der Waals surface area contributed by atoms with E-state index in [0.717, 1.165) is 16.6 Å². The lowest BCUT2D eigenvalue weighted by Crippen LogP contribution is -2.11. The van der Waals surface area contributed by atoms with Crippen molar-refractivity contribution >= 4 is 38.8 Å². The molecule has 4 heterocycles. The second-order valence-corrected chi connectivity index (χ2v) is 7.98. The van der Waals surface area contributed by atoms with Crippen molar-refractivity contribution in [2.24, 2.45) is 0 Å². The van der Waals surface area contributed by atoms with Crippen LogP contribution in [0.5, 0.6) is 23.0 Å². The Labute approximate surface area is 180 Å². The van der Waals surface area contributed by atoms with Gasteiger partial charge < -0.3 is 30.0 Å². The number of hydrogen-bond donors (Lipinski definition) is 2. The summed E-state index contributed by atoms with van der Waals surface area (Å²) in [4.78, 5) is 18.7. The molecule has 2 aromatic carbocycles. The largest absolute Gasteiger partial charge is 0.454 e. The molecule has 0 radical (unpaired) electrons. The zero-order chi connectivity index (χ0) is 20.9. The highest BCUT2D eigenvalue weighted by Gasteiger charge is 2.20. The molecule has 0 spiro atoms. The molecule has 0 saturated heterocycles. The molecule has 0 bridgehead atoms. The molecule has 8 nitrogen and oxygen atoms in total. The van der Waals surface area contributed by atoms with Gasteiger partial charge in [0.05, 0.1) is 11.4 Å². The van der Waals surface area contributed by atoms with E-state index < -0.39 is 0 Å². The number of fused-ring (bicyclic) bond motifs is 3. The summed E-state index contributed by atoms with van der Waals surface area (Å²) < 4.78 is 21.5. The first-order chi connectivity index (χ1) is 15.2. The molecule has 0 saturated carbocycles. The van der Waals surface area contributed by atoms with E-state index in [2.05, 4.69) is 5.32 Å². The Hall–Kier alpha value is -3.98. The fourth-order valence-corrected chi connectivity index (χ4v) is 4.53. The van der Waals surface area contributed by atoms with Crippen LogP contribution in [0, 0.1) is 0 Å².